The van der Waals surface area contributed by atoms with Gasteiger partial charge in [0.05, 0.1) is 7.11 Å². The number of nitrogens with one attached hydrogen (secondary N) is 2. The Morgan fingerprint density at radius 2 is 1.28 bits per heavy atom. The van der Waals surface area contributed by atoms with Crippen molar-refractivity contribution in [1.82, 2.24) is 10.6 Å². The molecule has 0 aliphatic heterocycles. The quantitative estimate of drug-likeness (QED) is 0.477. The van der Waals surface area contributed by atoms with Crippen molar-refractivity contribution in [2.24, 2.45) is 0 Å². The molecule has 0 radical (unpaired) electrons. The molecular weight excluding hydrogens is 420 g/mol. The van der Waals surface area contributed by atoms with Gasteiger partial charge in [0.25, 0.3) is 0 Å². The Morgan fingerprint density at radius 1 is 0.781 bits per heavy atom. The van der Waals surface area contributed by atoms with E-state index in [0.717, 1.165) is 7.11 Å². The average Bonchev–Trinajstić information content (AvgIpc) is 2.66. The van der Waals surface area contributed by atoms with E-state index >= 15 is 0 Å². The molecule has 0 saturated heterocycles. The Morgan fingerprint density at radius 3 is 1.78 bits per heavy atom. The minimum absolute atomic E-state index is 0.0723. The lowest BCUT2D eigenvalue weighted by Gasteiger charge is -2.29. The standard InChI is InChI=1S/C22H32N2O8/c1-21(2,3)31-18(26)16(24-20(28)32-22(4,5)6)15(17(25)29-7)23-19(27)30-13-14-11-9-8-10-12-14/h8-12,15-16H,13H2,1-7H3,(H,23,27)(H,24,28)/t15-,16+/m1/s1. The van der Waals surface area contributed by atoms with E-state index in [-0.39, 0.29) is 6.61 Å². The Balaban J connectivity index is 3.06. The molecule has 1 aromatic rings. The van der Waals surface area contributed by atoms with Gasteiger partial charge in [0, 0.05) is 0 Å². The van der Waals surface area contributed by atoms with Crippen LogP contribution in [-0.2, 0) is 35.1 Å². The van der Waals surface area contributed by atoms with Crippen molar-refractivity contribution in [2.45, 2.75) is 71.4 Å². The van der Waals surface area contributed by atoms with E-state index in [4.69, 9.17) is 18.9 Å². The highest BCUT2D eigenvalue weighted by atomic mass is 16.6. The largest absolute Gasteiger partial charge is 0.467 e. The van der Waals surface area contributed by atoms with Crippen LogP contribution in [-0.4, -0.2) is 54.5 Å². The second-order valence-corrected chi connectivity index (χ2v) is 8.86. The van der Waals surface area contributed by atoms with Crippen LogP contribution in [0.3, 0.4) is 0 Å². The number of carbonyl (C=O) groups excluding carboxylic acids is 4. The molecule has 0 aliphatic rings. The van der Waals surface area contributed by atoms with Crippen LogP contribution in [0.2, 0.25) is 0 Å². The lowest BCUT2D eigenvalue weighted by Crippen LogP contribution is -2.60. The van der Waals surface area contributed by atoms with Crippen LogP contribution in [0, 0.1) is 0 Å². The molecule has 0 spiro atoms. The van der Waals surface area contributed by atoms with Gasteiger partial charge in [-0.25, -0.2) is 19.2 Å². The fraction of sp³-hybridized carbons (Fsp3) is 0.545. The summed E-state index contributed by atoms with van der Waals surface area (Å²) in [6.45, 7) is 9.67. The third kappa shape index (κ3) is 10.1. The summed E-state index contributed by atoms with van der Waals surface area (Å²) < 4.78 is 20.3. The maximum Gasteiger partial charge on any atom is 0.408 e. The zero-order chi connectivity index (χ0) is 24.5. The first-order valence-electron chi connectivity index (χ1n) is 9.99. The van der Waals surface area contributed by atoms with Gasteiger partial charge in [-0.2, -0.15) is 0 Å². The van der Waals surface area contributed by atoms with Crippen LogP contribution in [0.5, 0.6) is 0 Å². The molecule has 178 valence electrons. The Labute approximate surface area is 187 Å². The summed E-state index contributed by atoms with van der Waals surface area (Å²) >= 11 is 0. The van der Waals surface area contributed by atoms with Crippen LogP contribution in [0.1, 0.15) is 47.1 Å². The number of ether oxygens (including phenoxy) is 4. The minimum atomic E-state index is -1.64. The molecule has 2 amide bonds. The summed E-state index contributed by atoms with van der Waals surface area (Å²) in [5.74, 6) is -1.96. The van der Waals surface area contributed by atoms with E-state index in [1.165, 1.54) is 0 Å². The Bertz CT molecular complexity index is 796. The summed E-state index contributed by atoms with van der Waals surface area (Å²) in [5.41, 5.74) is -1.09. The number of carbonyl (C=O) groups is 4. The highest BCUT2D eigenvalue weighted by molar-refractivity contribution is 5.92. The summed E-state index contributed by atoms with van der Waals surface area (Å²) in [6.07, 6.45) is -1.98. The van der Waals surface area contributed by atoms with Crippen molar-refractivity contribution in [2.75, 3.05) is 7.11 Å². The number of alkyl carbamates (subject to hydrolysis) is 2. The SMILES string of the molecule is COC(=O)[C@H](NC(=O)OCc1ccccc1)[C@H](NC(=O)OC(C)(C)C)C(=O)OC(C)(C)C. The smallest absolute Gasteiger partial charge is 0.408 e. The topological polar surface area (TPSA) is 129 Å². The maximum absolute atomic E-state index is 12.8. The van der Waals surface area contributed by atoms with E-state index in [1.54, 1.807) is 65.8 Å². The van der Waals surface area contributed by atoms with E-state index in [0.29, 0.717) is 5.56 Å². The summed E-state index contributed by atoms with van der Waals surface area (Å²) in [7, 11) is 1.08. The van der Waals surface area contributed by atoms with Gasteiger partial charge in [-0.15, -0.1) is 0 Å². The van der Waals surface area contributed by atoms with Crippen molar-refractivity contribution in [3.8, 4) is 0 Å². The number of hydrogen-bond donors (Lipinski definition) is 2. The highest BCUT2D eigenvalue weighted by Gasteiger charge is 2.41. The zero-order valence-electron chi connectivity index (χ0n) is 19.5. The van der Waals surface area contributed by atoms with Gasteiger partial charge in [0.15, 0.2) is 12.1 Å². The molecule has 2 atom stereocenters. The second-order valence-electron chi connectivity index (χ2n) is 8.86. The van der Waals surface area contributed by atoms with Crippen LogP contribution >= 0.6 is 0 Å². The summed E-state index contributed by atoms with van der Waals surface area (Å²) in [6, 6.07) is 5.59. The monoisotopic (exact) mass is 452 g/mol. The van der Waals surface area contributed by atoms with Gasteiger partial charge in [-0.3, -0.25) is 0 Å². The molecule has 0 fully saturated rings. The second kappa shape index (κ2) is 11.4. The lowest BCUT2D eigenvalue weighted by molar-refractivity contribution is -0.162. The molecule has 0 aromatic heterocycles. The first-order valence-corrected chi connectivity index (χ1v) is 9.99. The number of rotatable bonds is 7. The zero-order valence-corrected chi connectivity index (χ0v) is 19.5. The number of esters is 2. The number of methoxy groups -OCH3 is 1. The van der Waals surface area contributed by atoms with Gasteiger partial charge >= 0.3 is 24.1 Å². The molecule has 2 N–H and O–H groups in total. The van der Waals surface area contributed by atoms with Crippen molar-refractivity contribution in [3.63, 3.8) is 0 Å². The van der Waals surface area contributed by atoms with E-state index in [9.17, 15) is 19.2 Å². The highest BCUT2D eigenvalue weighted by Crippen LogP contribution is 2.13. The molecule has 0 aliphatic carbocycles. The predicted octanol–water partition coefficient (Wildman–Crippen LogP) is 2.69. The van der Waals surface area contributed by atoms with Gasteiger partial charge in [-0.1, -0.05) is 30.3 Å². The molecule has 10 heteroatoms. The summed E-state index contributed by atoms with van der Waals surface area (Å²) in [5, 5.41) is 4.55. The maximum atomic E-state index is 12.8. The molecule has 0 heterocycles. The third-order valence-electron chi connectivity index (χ3n) is 3.61. The van der Waals surface area contributed by atoms with Gasteiger partial charge < -0.3 is 29.6 Å². The van der Waals surface area contributed by atoms with Crippen LogP contribution in [0.15, 0.2) is 30.3 Å². The van der Waals surface area contributed by atoms with Gasteiger partial charge in [0.2, 0.25) is 0 Å². The first kappa shape index (κ1) is 26.7. The third-order valence-corrected chi connectivity index (χ3v) is 3.61. The predicted molar refractivity (Wildman–Crippen MR) is 115 cm³/mol. The lowest BCUT2D eigenvalue weighted by atomic mass is 10.1. The fourth-order valence-electron chi connectivity index (χ4n) is 2.38. The van der Waals surface area contributed by atoms with Crippen molar-refractivity contribution >= 4 is 24.1 Å². The molecule has 10 nitrogen and oxygen atoms in total. The van der Waals surface area contributed by atoms with Gasteiger partial charge in [0.1, 0.15) is 17.8 Å². The minimum Gasteiger partial charge on any atom is -0.467 e. The Kier molecular flexibility index (Phi) is 9.49. The normalized spacial score (nSPS) is 13.2. The molecule has 1 aromatic carbocycles. The van der Waals surface area contributed by atoms with Crippen molar-refractivity contribution in [1.29, 1.82) is 0 Å². The van der Waals surface area contributed by atoms with Crippen LogP contribution < -0.4 is 10.6 Å². The molecule has 0 unspecified atom stereocenters. The first-order chi connectivity index (χ1) is 14.7. The van der Waals surface area contributed by atoms with Crippen LogP contribution in [0.25, 0.3) is 0 Å². The molecule has 1 rings (SSSR count). The molecule has 0 saturated carbocycles. The number of hydrogen-bond acceptors (Lipinski definition) is 8. The summed E-state index contributed by atoms with van der Waals surface area (Å²) in [4.78, 5) is 49.8. The number of benzene rings is 1. The van der Waals surface area contributed by atoms with Crippen molar-refractivity contribution < 1.29 is 38.1 Å². The van der Waals surface area contributed by atoms with E-state index in [2.05, 4.69) is 10.6 Å². The number of amides is 2. The fourth-order valence-corrected chi connectivity index (χ4v) is 2.38. The Hall–Kier alpha value is -3.30. The molecule has 32 heavy (non-hydrogen) atoms. The molecule has 0 bridgehead atoms. The van der Waals surface area contributed by atoms with E-state index < -0.39 is 47.4 Å². The average molecular weight is 453 g/mol. The molecular formula is C22H32N2O8. The van der Waals surface area contributed by atoms with Gasteiger partial charge in [-0.05, 0) is 47.1 Å². The van der Waals surface area contributed by atoms with E-state index in [1.807, 2.05) is 6.07 Å². The van der Waals surface area contributed by atoms with Crippen LogP contribution in [0.4, 0.5) is 9.59 Å². The van der Waals surface area contributed by atoms with Crippen molar-refractivity contribution in [3.05, 3.63) is 35.9 Å².